The van der Waals surface area contributed by atoms with Crippen molar-refractivity contribution in [2.75, 3.05) is 19.7 Å². The first-order valence-electron chi connectivity index (χ1n) is 7.20. The van der Waals surface area contributed by atoms with Gasteiger partial charge in [-0.15, -0.1) is 12.4 Å². The molecule has 1 fully saturated rings. The number of nitrogens with two attached hydrogens (primary N) is 1. The molecule has 1 saturated heterocycles. The molecule has 1 aromatic rings. The lowest BCUT2D eigenvalue weighted by atomic mass is 10.2. The van der Waals surface area contributed by atoms with E-state index in [0.29, 0.717) is 41.8 Å². The maximum Gasteiger partial charge on any atom is 0.222 e. The van der Waals surface area contributed by atoms with Gasteiger partial charge in [0, 0.05) is 25.6 Å². The van der Waals surface area contributed by atoms with E-state index in [1.54, 1.807) is 18.2 Å². The number of benzene rings is 1. The lowest BCUT2D eigenvalue weighted by Crippen LogP contribution is -2.39. The molecular formula is C15H21Cl3N2O2. The lowest BCUT2D eigenvalue weighted by molar-refractivity contribution is -0.132. The number of ether oxygens (including phenoxy) is 1. The van der Waals surface area contributed by atoms with Gasteiger partial charge in [-0.25, -0.2) is 0 Å². The maximum absolute atomic E-state index is 12.1. The topological polar surface area (TPSA) is 55.6 Å². The van der Waals surface area contributed by atoms with Gasteiger partial charge < -0.3 is 15.4 Å². The van der Waals surface area contributed by atoms with Gasteiger partial charge in [0.25, 0.3) is 0 Å². The quantitative estimate of drug-likeness (QED) is 0.783. The summed E-state index contributed by atoms with van der Waals surface area (Å²) < 4.78 is 5.57. The Labute approximate surface area is 147 Å². The zero-order chi connectivity index (χ0) is 15.2. The normalized spacial score (nSPS) is 17.2. The summed E-state index contributed by atoms with van der Waals surface area (Å²) in [6.07, 6.45) is 3.17. The van der Waals surface area contributed by atoms with Crippen LogP contribution in [0.1, 0.15) is 25.7 Å². The second-order valence-electron chi connectivity index (χ2n) is 5.12. The van der Waals surface area contributed by atoms with Crippen LogP contribution in [-0.4, -0.2) is 36.5 Å². The smallest absolute Gasteiger partial charge is 0.222 e. The zero-order valence-electron chi connectivity index (χ0n) is 12.3. The summed E-state index contributed by atoms with van der Waals surface area (Å²) >= 11 is 11.9. The largest absolute Gasteiger partial charge is 0.492 e. The average molecular weight is 368 g/mol. The third-order valence-corrected chi connectivity index (χ3v) is 4.48. The first kappa shape index (κ1) is 19.4. The van der Waals surface area contributed by atoms with Crippen molar-refractivity contribution in [3.8, 4) is 5.75 Å². The van der Waals surface area contributed by atoms with Gasteiger partial charge in [0.2, 0.25) is 5.91 Å². The van der Waals surface area contributed by atoms with Crippen LogP contribution < -0.4 is 10.5 Å². The van der Waals surface area contributed by atoms with Gasteiger partial charge in [0.15, 0.2) is 0 Å². The SMILES string of the molecule is Cl.NCC1CCCN1C(=O)CCCOc1cccc(Cl)c1Cl. The number of rotatable bonds is 6. The Morgan fingerprint density at radius 1 is 1.41 bits per heavy atom. The Bertz CT molecular complexity index is 500. The molecule has 0 saturated carbocycles. The van der Waals surface area contributed by atoms with E-state index in [1.807, 2.05) is 4.90 Å². The van der Waals surface area contributed by atoms with E-state index in [0.717, 1.165) is 19.4 Å². The predicted molar refractivity (Wildman–Crippen MR) is 92.2 cm³/mol. The summed E-state index contributed by atoms with van der Waals surface area (Å²) in [5.41, 5.74) is 5.68. The third-order valence-electron chi connectivity index (χ3n) is 3.68. The molecule has 0 radical (unpaired) electrons. The van der Waals surface area contributed by atoms with E-state index in [2.05, 4.69) is 0 Å². The minimum absolute atomic E-state index is 0. The Morgan fingerprint density at radius 3 is 2.91 bits per heavy atom. The van der Waals surface area contributed by atoms with Gasteiger partial charge in [0.05, 0.1) is 11.6 Å². The van der Waals surface area contributed by atoms with E-state index in [9.17, 15) is 4.79 Å². The van der Waals surface area contributed by atoms with E-state index in [-0.39, 0.29) is 24.4 Å². The van der Waals surface area contributed by atoms with Crippen LogP contribution in [0.25, 0.3) is 0 Å². The summed E-state index contributed by atoms with van der Waals surface area (Å²) in [6, 6.07) is 5.47. The number of halogens is 3. The molecule has 0 aromatic heterocycles. The molecule has 1 aliphatic heterocycles. The Morgan fingerprint density at radius 2 is 2.18 bits per heavy atom. The summed E-state index contributed by atoms with van der Waals surface area (Å²) in [5.74, 6) is 0.710. The number of amides is 1. The molecule has 1 atom stereocenters. The van der Waals surface area contributed by atoms with Crippen molar-refractivity contribution < 1.29 is 9.53 Å². The van der Waals surface area contributed by atoms with Crippen LogP contribution >= 0.6 is 35.6 Å². The lowest BCUT2D eigenvalue weighted by Gasteiger charge is -2.23. The van der Waals surface area contributed by atoms with Crippen molar-refractivity contribution in [1.29, 1.82) is 0 Å². The van der Waals surface area contributed by atoms with Crippen molar-refractivity contribution in [1.82, 2.24) is 4.90 Å². The summed E-state index contributed by atoms with van der Waals surface area (Å²) in [5, 5.41) is 0.876. The predicted octanol–water partition coefficient (Wildman–Crippen LogP) is 3.52. The van der Waals surface area contributed by atoms with E-state index in [1.165, 1.54) is 0 Å². The van der Waals surface area contributed by atoms with Crippen LogP contribution in [0.5, 0.6) is 5.75 Å². The highest BCUT2D eigenvalue weighted by Crippen LogP contribution is 2.31. The fourth-order valence-corrected chi connectivity index (χ4v) is 2.90. The Hall–Kier alpha value is -0.680. The molecule has 0 aliphatic carbocycles. The number of carbonyl (C=O) groups is 1. The molecule has 4 nitrogen and oxygen atoms in total. The van der Waals surface area contributed by atoms with Gasteiger partial charge in [-0.3, -0.25) is 4.79 Å². The molecule has 22 heavy (non-hydrogen) atoms. The van der Waals surface area contributed by atoms with Crippen LogP contribution in [0.4, 0.5) is 0 Å². The van der Waals surface area contributed by atoms with Crippen molar-refractivity contribution in [3.05, 3.63) is 28.2 Å². The highest BCUT2D eigenvalue weighted by molar-refractivity contribution is 6.42. The molecular weight excluding hydrogens is 347 g/mol. The van der Waals surface area contributed by atoms with Crippen molar-refractivity contribution in [3.63, 3.8) is 0 Å². The second kappa shape index (κ2) is 9.46. The van der Waals surface area contributed by atoms with Gasteiger partial charge >= 0.3 is 0 Å². The van der Waals surface area contributed by atoms with Crippen molar-refractivity contribution in [2.24, 2.45) is 5.73 Å². The molecule has 124 valence electrons. The maximum atomic E-state index is 12.1. The molecule has 1 heterocycles. The first-order chi connectivity index (χ1) is 10.1. The minimum atomic E-state index is 0. The van der Waals surface area contributed by atoms with Crippen molar-refractivity contribution >= 4 is 41.5 Å². The Kier molecular flexibility index (Phi) is 8.33. The van der Waals surface area contributed by atoms with E-state index < -0.39 is 0 Å². The van der Waals surface area contributed by atoms with E-state index in [4.69, 9.17) is 33.7 Å². The van der Waals surface area contributed by atoms with Crippen LogP contribution in [0, 0.1) is 0 Å². The second-order valence-corrected chi connectivity index (χ2v) is 5.91. The van der Waals surface area contributed by atoms with Crippen LogP contribution in [-0.2, 0) is 4.79 Å². The molecule has 1 aliphatic rings. The highest BCUT2D eigenvalue weighted by Gasteiger charge is 2.26. The number of nitrogens with zero attached hydrogens (tertiary/aromatic N) is 1. The van der Waals surface area contributed by atoms with Gasteiger partial charge in [0.1, 0.15) is 10.8 Å². The molecule has 0 spiro atoms. The molecule has 1 unspecified atom stereocenters. The third kappa shape index (κ3) is 4.92. The van der Waals surface area contributed by atoms with E-state index >= 15 is 0 Å². The minimum Gasteiger partial charge on any atom is -0.492 e. The molecule has 2 N–H and O–H groups in total. The molecule has 1 amide bonds. The number of hydrogen-bond acceptors (Lipinski definition) is 3. The number of likely N-dealkylation sites (tertiary alicyclic amines) is 1. The molecule has 1 aromatic carbocycles. The molecule has 0 bridgehead atoms. The summed E-state index contributed by atoms with van der Waals surface area (Å²) in [7, 11) is 0. The number of carbonyl (C=O) groups excluding carboxylic acids is 1. The van der Waals surface area contributed by atoms with Crippen LogP contribution in [0.15, 0.2) is 18.2 Å². The number of hydrogen-bond donors (Lipinski definition) is 1. The standard InChI is InChI=1S/C15H20Cl2N2O2.ClH/c16-12-5-1-6-13(15(12)17)21-9-3-7-14(20)19-8-2-4-11(19)10-18;/h1,5-6,11H,2-4,7-10,18H2;1H. The monoisotopic (exact) mass is 366 g/mol. The molecule has 2 rings (SSSR count). The molecule has 7 heteroatoms. The summed E-state index contributed by atoms with van der Waals surface area (Å²) in [4.78, 5) is 14.0. The highest BCUT2D eigenvalue weighted by atomic mass is 35.5. The van der Waals surface area contributed by atoms with Gasteiger partial charge in [-0.2, -0.15) is 0 Å². The van der Waals surface area contributed by atoms with Crippen LogP contribution in [0.3, 0.4) is 0 Å². The average Bonchev–Trinajstić information content (AvgIpc) is 2.96. The van der Waals surface area contributed by atoms with Crippen LogP contribution in [0.2, 0.25) is 10.0 Å². The Balaban J connectivity index is 0.00000242. The van der Waals surface area contributed by atoms with Crippen molar-refractivity contribution in [2.45, 2.75) is 31.7 Å². The zero-order valence-corrected chi connectivity index (χ0v) is 14.6. The first-order valence-corrected chi connectivity index (χ1v) is 7.95. The van der Waals surface area contributed by atoms with Gasteiger partial charge in [-0.05, 0) is 31.4 Å². The fraction of sp³-hybridized carbons (Fsp3) is 0.533. The van der Waals surface area contributed by atoms with Gasteiger partial charge in [-0.1, -0.05) is 29.3 Å². The fourth-order valence-electron chi connectivity index (χ4n) is 2.55. The summed E-state index contributed by atoms with van der Waals surface area (Å²) in [6.45, 7) is 1.80.